The molecule has 0 aliphatic carbocycles. The van der Waals surface area contributed by atoms with Gasteiger partial charge >= 0.3 is 0 Å². The molecular weight excluding hydrogens is 284 g/mol. The van der Waals surface area contributed by atoms with Crippen LogP contribution in [0.5, 0.6) is 5.75 Å². The van der Waals surface area contributed by atoms with Crippen LogP contribution in [-0.4, -0.2) is 22.9 Å². The fourth-order valence-electron chi connectivity index (χ4n) is 1.89. The van der Waals surface area contributed by atoms with Gasteiger partial charge in [0.05, 0.1) is 6.61 Å². The van der Waals surface area contributed by atoms with Gasteiger partial charge in [0.25, 0.3) is 0 Å². The summed E-state index contributed by atoms with van der Waals surface area (Å²) >= 11 is 5.80. The van der Waals surface area contributed by atoms with Crippen molar-refractivity contribution in [1.29, 1.82) is 0 Å². The summed E-state index contributed by atoms with van der Waals surface area (Å²) in [5, 5.41) is 0. The predicted molar refractivity (Wildman–Crippen MR) is 74.7 cm³/mol. The largest absolute Gasteiger partial charge is 0.494 e. The smallest absolute Gasteiger partial charge is 0.119 e. The molecular formula is C13H17BrOS. The third-order valence-electron chi connectivity index (χ3n) is 2.85. The molecule has 0 amide bonds. The lowest BCUT2D eigenvalue weighted by atomic mass is 10.0. The van der Waals surface area contributed by atoms with Crippen molar-refractivity contribution in [3.05, 3.63) is 30.3 Å². The number of rotatable bonds is 5. The Morgan fingerprint density at radius 3 is 2.75 bits per heavy atom. The lowest BCUT2D eigenvalue weighted by molar-refractivity contribution is 0.297. The minimum absolute atomic E-state index is 0.717. The van der Waals surface area contributed by atoms with E-state index in [1.165, 1.54) is 17.9 Å². The van der Waals surface area contributed by atoms with Crippen LogP contribution in [0.15, 0.2) is 30.3 Å². The third-order valence-corrected chi connectivity index (χ3v) is 5.61. The Hall–Kier alpha value is -0.150. The molecule has 1 aliphatic heterocycles. The van der Waals surface area contributed by atoms with Crippen LogP contribution in [0, 0.1) is 5.92 Å². The first kappa shape index (κ1) is 12.3. The SMILES string of the molecule is BrC1CSCC1CCCOc1ccccc1. The summed E-state index contributed by atoms with van der Waals surface area (Å²) in [5.41, 5.74) is 0. The highest BCUT2D eigenvalue weighted by Gasteiger charge is 2.24. The Morgan fingerprint density at radius 2 is 2.06 bits per heavy atom. The van der Waals surface area contributed by atoms with Crippen LogP contribution in [0.1, 0.15) is 12.8 Å². The van der Waals surface area contributed by atoms with Crippen LogP contribution < -0.4 is 4.74 Å². The second-order valence-corrected chi connectivity index (χ2v) is 6.37. The maximum absolute atomic E-state index is 5.68. The first-order chi connectivity index (χ1) is 7.86. The minimum atomic E-state index is 0.717. The molecule has 1 aromatic rings. The van der Waals surface area contributed by atoms with E-state index >= 15 is 0 Å². The van der Waals surface area contributed by atoms with Gasteiger partial charge < -0.3 is 4.74 Å². The van der Waals surface area contributed by atoms with Gasteiger partial charge in [-0.15, -0.1) is 0 Å². The van der Waals surface area contributed by atoms with Crippen LogP contribution in [0.2, 0.25) is 0 Å². The molecule has 0 radical (unpaired) electrons. The predicted octanol–water partition coefficient (Wildman–Crippen LogP) is 3.97. The molecule has 2 atom stereocenters. The van der Waals surface area contributed by atoms with E-state index in [-0.39, 0.29) is 0 Å². The Labute approximate surface area is 110 Å². The number of halogens is 1. The Balaban J connectivity index is 1.62. The van der Waals surface area contributed by atoms with Gasteiger partial charge in [0.2, 0.25) is 0 Å². The number of ether oxygens (including phenoxy) is 1. The zero-order valence-electron chi connectivity index (χ0n) is 9.27. The standard InChI is InChI=1S/C13H17BrOS/c14-13-10-16-9-11(13)5-4-8-15-12-6-2-1-3-7-12/h1-3,6-7,11,13H,4-5,8-10H2. The average molecular weight is 301 g/mol. The van der Waals surface area contributed by atoms with Gasteiger partial charge in [-0.1, -0.05) is 34.1 Å². The van der Waals surface area contributed by atoms with Crippen molar-refractivity contribution in [3.63, 3.8) is 0 Å². The molecule has 16 heavy (non-hydrogen) atoms. The van der Waals surface area contributed by atoms with Crippen molar-refractivity contribution in [3.8, 4) is 5.75 Å². The Bertz CT molecular complexity index is 304. The lowest BCUT2D eigenvalue weighted by Crippen LogP contribution is -2.12. The Kier molecular flexibility index (Phi) is 5.04. The molecule has 0 saturated carbocycles. The number of para-hydroxylation sites is 1. The number of benzene rings is 1. The van der Waals surface area contributed by atoms with E-state index in [1.807, 2.05) is 30.3 Å². The number of hydrogen-bond donors (Lipinski definition) is 0. The summed E-state index contributed by atoms with van der Waals surface area (Å²) in [6.07, 6.45) is 2.43. The van der Waals surface area contributed by atoms with Gasteiger partial charge in [-0.05, 0) is 36.6 Å². The van der Waals surface area contributed by atoms with Crippen LogP contribution in [-0.2, 0) is 0 Å². The van der Waals surface area contributed by atoms with Gasteiger partial charge in [0.15, 0.2) is 0 Å². The molecule has 1 aliphatic rings. The summed E-state index contributed by atoms with van der Waals surface area (Å²) in [6.45, 7) is 0.838. The summed E-state index contributed by atoms with van der Waals surface area (Å²) in [4.78, 5) is 0.717. The summed E-state index contributed by atoms with van der Waals surface area (Å²) in [5.74, 6) is 4.40. The van der Waals surface area contributed by atoms with Crippen molar-refractivity contribution in [2.24, 2.45) is 5.92 Å². The minimum Gasteiger partial charge on any atom is -0.494 e. The third kappa shape index (κ3) is 3.70. The van der Waals surface area contributed by atoms with E-state index in [9.17, 15) is 0 Å². The fourth-order valence-corrected chi connectivity index (χ4v) is 4.48. The molecule has 0 bridgehead atoms. The highest BCUT2D eigenvalue weighted by Crippen LogP contribution is 2.32. The van der Waals surface area contributed by atoms with Crippen molar-refractivity contribution < 1.29 is 4.74 Å². The zero-order valence-corrected chi connectivity index (χ0v) is 11.7. The van der Waals surface area contributed by atoms with Crippen LogP contribution in [0.4, 0.5) is 0 Å². The highest BCUT2D eigenvalue weighted by molar-refractivity contribution is 9.09. The zero-order chi connectivity index (χ0) is 11.2. The maximum atomic E-state index is 5.68. The molecule has 2 rings (SSSR count). The molecule has 88 valence electrons. The Morgan fingerprint density at radius 1 is 1.25 bits per heavy atom. The van der Waals surface area contributed by atoms with E-state index in [4.69, 9.17) is 4.74 Å². The van der Waals surface area contributed by atoms with E-state index in [2.05, 4.69) is 27.7 Å². The average Bonchev–Trinajstić information content (AvgIpc) is 2.72. The first-order valence-corrected chi connectivity index (χ1v) is 7.83. The van der Waals surface area contributed by atoms with Crippen LogP contribution in [0.3, 0.4) is 0 Å². The number of alkyl halides is 1. The van der Waals surface area contributed by atoms with Gasteiger partial charge in [-0.25, -0.2) is 0 Å². The van der Waals surface area contributed by atoms with Gasteiger partial charge in [-0.3, -0.25) is 0 Å². The molecule has 0 spiro atoms. The van der Waals surface area contributed by atoms with Crippen LogP contribution in [0.25, 0.3) is 0 Å². The summed E-state index contributed by atoms with van der Waals surface area (Å²) in [6, 6.07) is 10.1. The molecule has 1 fully saturated rings. The molecule has 3 heteroatoms. The van der Waals surface area contributed by atoms with E-state index in [0.717, 1.165) is 24.7 Å². The van der Waals surface area contributed by atoms with Crippen molar-refractivity contribution in [1.82, 2.24) is 0 Å². The van der Waals surface area contributed by atoms with Gasteiger partial charge in [0.1, 0.15) is 5.75 Å². The molecule has 0 aromatic heterocycles. The van der Waals surface area contributed by atoms with Crippen molar-refractivity contribution in [2.45, 2.75) is 17.7 Å². The molecule has 0 N–H and O–H groups in total. The highest BCUT2D eigenvalue weighted by atomic mass is 79.9. The lowest BCUT2D eigenvalue weighted by Gasteiger charge is -2.12. The van der Waals surface area contributed by atoms with Crippen molar-refractivity contribution in [2.75, 3.05) is 18.1 Å². The fraction of sp³-hybridized carbons (Fsp3) is 0.538. The second-order valence-electron chi connectivity index (χ2n) is 4.12. The normalized spacial score (nSPS) is 24.6. The molecule has 1 saturated heterocycles. The molecule has 2 unspecified atom stereocenters. The van der Waals surface area contributed by atoms with E-state index in [1.54, 1.807) is 0 Å². The maximum Gasteiger partial charge on any atom is 0.119 e. The molecule has 1 aromatic carbocycles. The van der Waals surface area contributed by atoms with Gasteiger partial charge in [-0.2, -0.15) is 11.8 Å². The monoisotopic (exact) mass is 300 g/mol. The topological polar surface area (TPSA) is 9.23 Å². The number of thioether (sulfide) groups is 1. The van der Waals surface area contributed by atoms with Gasteiger partial charge in [0, 0.05) is 10.6 Å². The van der Waals surface area contributed by atoms with Crippen molar-refractivity contribution >= 4 is 27.7 Å². The van der Waals surface area contributed by atoms with E-state index in [0.29, 0.717) is 4.83 Å². The summed E-state index contributed by atoms with van der Waals surface area (Å²) < 4.78 is 5.68. The van der Waals surface area contributed by atoms with E-state index < -0.39 is 0 Å². The first-order valence-electron chi connectivity index (χ1n) is 5.76. The quantitative estimate of drug-likeness (QED) is 0.601. The van der Waals surface area contributed by atoms with Crippen LogP contribution >= 0.6 is 27.7 Å². The second kappa shape index (κ2) is 6.55. The number of hydrogen-bond acceptors (Lipinski definition) is 2. The molecule has 1 heterocycles. The molecule has 1 nitrogen and oxygen atoms in total. The summed E-state index contributed by atoms with van der Waals surface area (Å²) in [7, 11) is 0.